The van der Waals surface area contributed by atoms with E-state index >= 15 is 0 Å². The largest absolute Gasteiger partial charge is 0.486 e. The second-order valence-corrected chi connectivity index (χ2v) is 8.58. The molecule has 1 N–H and O–H groups in total. The number of hydrogen-bond acceptors (Lipinski definition) is 5. The number of benzene rings is 3. The molecule has 0 aromatic heterocycles. The molecule has 1 heterocycles. The lowest BCUT2D eigenvalue weighted by atomic mass is 10.2. The van der Waals surface area contributed by atoms with Crippen LogP contribution >= 0.6 is 43.5 Å². The fourth-order valence-corrected chi connectivity index (χ4v) is 4.47. The Kier molecular flexibility index (Phi) is 6.80. The number of nitrogens with one attached hydrogen (secondary N) is 1. The van der Waals surface area contributed by atoms with Gasteiger partial charge in [-0.2, -0.15) is 5.10 Å². The molecule has 0 radical (unpaired) electrons. The van der Waals surface area contributed by atoms with E-state index in [1.54, 1.807) is 18.2 Å². The second-order valence-electron chi connectivity index (χ2n) is 6.46. The molecular formula is C22H15Br2ClN2O4. The zero-order valence-electron chi connectivity index (χ0n) is 15.9. The van der Waals surface area contributed by atoms with Crippen molar-refractivity contribution in [3.05, 3.63) is 85.3 Å². The molecule has 31 heavy (non-hydrogen) atoms. The highest BCUT2D eigenvalue weighted by Gasteiger charge is 2.16. The van der Waals surface area contributed by atoms with Crippen LogP contribution in [-0.4, -0.2) is 18.9 Å². The number of carbonyl (C=O) groups excluding carboxylic acids is 1. The summed E-state index contributed by atoms with van der Waals surface area (Å²) in [5.41, 5.74) is 4.57. The van der Waals surface area contributed by atoms with E-state index in [0.717, 1.165) is 20.1 Å². The van der Waals surface area contributed by atoms with E-state index in [0.29, 0.717) is 34.4 Å². The first-order chi connectivity index (χ1) is 15.0. The van der Waals surface area contributed by atoms with Crippen molar-refractivity contribution in [1.29, 1.82) is 0 Å². The van der Waals surface area contributed by atoms with Crippen LogP contribution in [0.25, 0.3) is 0 Å². The predicted molar refractivity (Wildman–Crippen MR) is 125 cm³/mol. The van der Waals surface area contributed by atoms with Crippen LogP contribution in [0.15, 0.2) is 68.6 Å². The van der Waals surface area contributed by atoms with Crippen molar-refractivity contribution in [3.63, 3.8) is 0 Å². The first-order valence-corrected chi connectivity index (χ1v) is 11.1. The van der Waals surface area contributed by atoms with Gasteiger partial charge in [0, 0.05) is 16.1 Å². The zero-order chi connectivity index (χ0) is 21.8. The summed E-state index contributed by atoms with van der Waals surface area (Å²) in [6.45, 7) is 0.482. The summed E-state index contributed by atoms with van der Waals surface area (Å²) in [4.78, 5) is 12.3. The van der Waals surface area contributed by atoms with Gasteiger partial charge < -0.3 is 14.2 Å². The maximum absolute atomic E-state index is 12.3. The van der Waals surface area contributed by atoms with Crippen LogP contribution in [-0.2, 0) is 6.61 Å². The summed E-state index contributed by atoms with van der Waals surface area (Å²) in [5.74, 6) is 1.44. The molecule has 1 aliphatic rings. The zero-order valence-corrected chi connectivity index (χ0v) is 19.8. The van der Waals surface area contributed by atoms with Gasteiger partial charge in [-0.3, -0.25) is 4.79 Å². The Bertz CT molecular complexity index is 1150. The highest BCUT2D eigenvalue weighted by molar-refractivity contribution is 9.11. The molecule has 0 saturated carbocycles. The van der Waals surface area contributed by atoms with Gasteiger partial charge in [0.15, 0.2) is 11.5 Å². The minimum absolute atomic E-state index is 0.153. The molecule has 158 valence electrons. The lowest BCUT2D eigenvalue weighted by Gasteiger charge is -2.12. The number of fused-ring (bicyclic) bond motifs is 1. The number of rotatable bonds is 6. The van der Waals surface area contributed by atoms with Gasteiger partial charge in [-0.15, -0.1) is 0 Å². The van der Waals surface area contributed by atoms with Crippen molar-refractivity contribution >= 4 is 55.6 Å². The van der Waals surface area contributed by atoms with Gasteiger partial charge in [-0.1, -0.05) is 29.8 Å². The van der Waals surface area contributed by atoms with Crippen molar-refractivity contribution in [3.8, 4) is 17.2 Å². The van der Waals surface area contributed by atoms with Gasteiger partial charge in [0.05, 0.1) is 15.2 Å². The van der Waals surface area contributed by atoms with Crippen LogP contribution in [0.4, 0.5) is 0 Å². The number of carbonyl (C=O) groups is 1. The maximum Gasteiger partial charge on any atom is 0.271 e. The molecule has 0 fully saturated rings. The summed E-state index contributed by atoms with van der Waals surface area (Å²) in [6, 6.07) is 16.1. The predicted octanol–water partition coefficient (Wildman–Crippen LogP) is 5.94. The van der Waals surface area contributed by atoms with Crippen molar-refractivity contribution < 1.29 is 19.0 Å². The summed E-state index contributed by atoms with van der Waals surface area (Å²) in [7, 11) is 0. The topological polar surface area (TPSA) is 69.2 Å². The number of ether oxygens (including phenoxy) is 3. The Morgan fingerprint density at radius 2 is 1.84 bits per heavy atom. The lowest BCUT2D eigenvalue weighted by molar-refractivity contribution is 0.0954. The molecule has 0 saturated heterocycles. The molecule has 0 bridgehead atoms. The maximum atomic E-state index is 12.3. The first-order valence-electron chi connectivity index (χ1n) is 9.09. The summed E-state index contributed by atoms with van der Waals surface area (Å²) in [5, 5.41) is 4.68. The number of nitrogens with zero attached hydrogens (tertiary/aromatic N) is 1. The van der Waals surface area contributed by atoms with Crippen molar-refractivity contribution in [2.75, 3.05) is 6.79 Å². The van der Waals surface area contributed by atoms with E-state index in [1.165, 1.54) is 6.21 Å². The molecule has 3 aromatic carbocycles. The van der Waals surface area contributed by atoms with Crippen LogP contribution in [0.3, 0.4) is 0 Å². The van der Waals surface area contributed by atoms with Crippen molar-refractivity contribution in [2.45, 2.75) is 6.61 Å². The van der Waals surface area contributed by atoms with Gasteiger partial charge >= 0.3 is 0 Å². The third-order valence-corrected chi connectivity index (χ3v) is 5.91. The normalized spacial score (nSPS) is 12.2. The number of hydrogen-bond donors (Lipinski definition) is 1. The van der Waals surface area contributed by atoms with E-state index in [9.17, 15) is 4.79 Å². The minimum atomic E-state index is -0.354. The molecule has 6 nitrogen and oxygen atoms in total. The van der Waals surface area contributed by atoms with E-state index in [-0.39, 0.29) is 12.7 Å². The average Bonchev–Trinajstić information content (AvgIpc) is 3.22. The van der Waals surface area contributed by atoms with E-state index < -0.39 is 0 Å². The van der Waals surface area contributed by atoms with Crippen molar-refractivity contribution in [2.24, 2.45) is 5.10 Å². The van der Waals surface area contributed by atoms with Crippen LogP contribution in [0.5, 0.6) is 17.2 Å². The Morgan fingerprint density at radius 3 is 2.61 bits per heavy atom. The van der Waals surface area contributed by atoms with Gasteiger partial charge in [0.25, 0.3) is 5.91 Å². The van der Waals surface area contributed by atoms with Crippen LogP contribution in [0, 0.1) is 0 Å². The quantitative estimate of drug-likeness (QED) is 0.296. The summed E-state index contributed by atoms with van der Waals surface area (Å²) in [6.07, 6.45) is 1.54. The molecule has 1 aliphatic heterocycles. The first kappa shape index (κ1) is 21.7. The molecule has 0 aliphatic carbocycles. The Balaban J connectivity index is 1.40. The Labute approximate surface area is 200 Å². The number of halogens is 3. The van der Waals surface area contributed by atoms with Gasteiger partial charge in [0.1, 0.15) is 12.4 Å². The van der Waals surface area contributed by atoms with E-state index in [4.69, 9.17) is 25.8 Å². The highest BCUT2D eigenvalue weighted by atomic mass is 79.9. The molecular weight excluding hydrogens is 552 g/mol. The van der Waals surface area contributed by atoms with Crippen molar-refractivity contribution in [1.82, 2.24) is 5.43 Å². The molecule has 3 aromatic rings. The minimum Gasteiger partial charge on any atom is -0.486 e. The third-order valence-electron chi connectivity index (χ3n) is 4.36. The standard InChI is InChI=1S/C22H15Br2ClN2O4/c23-16-7-13(8-17(24)21(16)29-11-15-3-1-2-4-18(15)25)10-26-27-22(28)14-5-6-19-20(9-14)31-12-30-19/h1-10H,11-12H2,(H,27,28)/b26-10-. The molecule has 4 rings (SSSR count). The van der Waals surface area contributed by atoms with E-state index in [1.807, 2.05) is 36.4 Å². The van der Waals surface area contributed by atoms with Gasteiger partial charge in [0.2, 0.25) is 6.79 Å². The Morgan fingerprint density at radius 1 is 1.10 bits per heavy atom. The number of amides is 1. The second kappa shape index (κ2) is 9.72. The molecule has 0 unspecified atom stereocenters. The number of hydrazone groups is 1. The molecule has 0 atom stereocenters. The van der Waals surface area contributed by atoms with E-state index in [2.05, 4.69) is 42.4 Å². The fourth-order valence-electron chi connectivity index (χ4n) is 2.83. The molecule has 1 amide bonds. The third kappa shape index (κ3) is 5.20. The van der Waals surface area contributed by atoms with Gasteiger partial charge in [-0.05, 0) is 73.8 Å². The monoisotopic (exact) mass is 564 g/mol. The Hall–Kier alpha value is -2.55. The smallest absolute Gasteiger partial charge is 0.271 e. The fraction of sp³-hybridized carbons (Fsp3) is 0.0909. The summed E-state index contributed by atoms with van der Waals surface area (Å²) >= 11 is 13.2. The molecule has 0 spiro atoms. The average molecular weight is 567 g/mol. The van der Waals surface area contributed by atoms with Crippen LogP contribution < -0.4 is 19.6 Å². The summed E-state index contributed by atoms with van der Waals surface area (Å²) < 4.78 is 17.9. The highest BCUT2D eigenvalue weighted by Crippen LogP contribution is 2.35. The molecule has 9 heteroatoms. The lowest BCUT2D eigenvalue weighted by Crippen LogP contribution is -2.17. The van der Waals surface area contributed by atoms with Crippen LogP contribution in [0.1, 0.15) is 21.5 Å². The SMILES string of the molecule is O=C(N/N=C\c1cc(Br)c(OCc2ccccc2Cl)c(Br)c1)c1ccc2c(c1)OCO2. The van der Waals surface area contributed by atoms with Gasteiger partial charge in [-0.25, -0.2) is 5.43 Å². The van der Waals surface area contributed by atoms with Crippen LogP contribution in [0.2, 0.25) is 5.02 Å².